The number of primary amides is 1. The van der Waals surface area contributed by atoms with Crippen molar-refractivity contribution in [2.24, 2.45) is 5.73 Å². The van der Waals surface area contributed by atoms with Crippen LogP contribution in [-0.2, 0) is 0 Å². The second-order valence-electron chi connectivity index (χ2n) is 5.55. The molecule has 26 heavy (non-hydrogen) atoms. The Kier molecular flexibility index (Phi) is 4.99. The highest BCUT2D eigenvalue weighted by Crippen LogP contribution is 2.31. The van der Waals surface area contributed by atoms with Crippen LogP contribution in [0.3, 0.4) is 0 Å². The van der Waals surface area contributed by atoms with Crippen LogP contribution in [0, 0.1) is 6.92 Å². The number of nitrogens with one attached hydrogen (secondary N) is 1. The van der Waals surface area contributed by atoms with Crippen LogP contribution in [-0.4, -0.2) is 23.9 Å². The van der Waals surface area contributed by atoms with E-state index in [0.717, 1.165) is 21.9 Å². The molecule has 3 N–H and O–H groups in total. The van der Waals surface area contributed by atoms with E-state index in [0.29, 0.717) is 16.3 Å². The van der Waals surface area contributed by atoms with Crippen LogP contribution < -0.4 is 15.8 Å². The third kappa shape index (κ3) is 3.73. The monoisotopic (exact) mass is 367 g/mol. The number of hydrogen-bond acceptors (Lipinski definition) is 5. The summed E-state index contributed by atoms with van der Waals surface area (Å²) in [7, 11) is 1.62. The zero-order valence-corrected chi connectivity index (χ0v) is 15.1. The molecule has 0 fully saturated rings. The Labute approximate surface area is 154 Å². The molecule has 0 radical (unpaired) electrons. The second-order valence-corrected chi connectivity index (χ2v) is 6.75. The Morgan fingerprint density at radius 2 is 1.65 bits per heavy atom. The van der Waals surface area contributed by atoms with Gasteiger partial charge in [0.25, 0.3) is 5.91 Å². The smallest absolute Gasteiger partial charge is 0.257 e. The Balaban J connectivity index is 1.77. The van der Waals surface area contributed by atoms with Crippen molar-refractivity contribution in [2.45, 2.75) is 6.92 Å². The Morgan fingerprint density at radius 1 is 1.04 bits per heavy atom. The van der Waals surface area contributed by atoms with Gasteiger partial charge in [-0.25, -0.2) is 4.98 Å². The van der Waals surface area contributed by atoms with Crippen molar-refractivity contribution >= 4 is 28.3 Å². The fourth-order valence-corrected chi connectivity index (χ4v) is 3.25. The summed E-state index contributed by atoms with van der Waals surface area (Å²) in [5.74, 6) is -0.0535. The van der Waals surface area contributed by atoms with Gasteiger partial charge in [-0.3, -0.25) is 14.9 Å². The highest BCUT2D eigenvalue weighted by atomic mass is 32.1. The summed E-state index contributed by atoms with van der Waals surface area (Å²) >= 11 is 1.40. The first kappa shape index (κ1) is 17.6. The van der Waals surface area contributed by atoms with Gasteiger partial charge in [-0.15, -0.1) is 11.3 Å². The quantitative estimate of drug-likeness (QED) is 0.722. The fourth-order valence-electron chi connectivity index (χ4n) is 2.42. The summed E-state index contributed by atoms with van der Waals surface area (Å²) in [6, 6.07) is 13.7. The molecule has 0 unspecified atom stereocenters. The Morgan fingerprint density at radius 3 is 2.23 bits per heavy atom. The molecule has 2 aromatic carbocycles. The molecule has 0 aliphatic heterocycles. The van der Waals surface area contributed by atoms with Gasteiger partial charge in [-0.05, 0) is 55.5 Å². The normalized spacial score (nSPS) is 10.4. The molecular weight excluding hydrogens is 350 g/mol. The van der Waals surface area contributed by atoms with Crippen LogP contribution in [0.5, 0.6) is 5.75 Å². The number of carbonyl (C=O) groups excluding carboxylic acids is 2. The number of benzene rings is 2. The van der Waals surface area contributed by atoms with Gasteiger partial charge >= 0.3 is 0 Å². The SMILES string of the molecule is COc1ccc(-c2nc(NC(=O)c3ccc(C(N)=O)cc3)sc2C)cc1. The van der Waals surface area contributed by atoms with Crippen LogP contribution in [0.4, 0.5) is 5.13 Å². The van der Waals surface area contributed by atoms with Gasteiger partial charge < -0.3 is 10.5 Å². The average Bonchev–Trinajstić information content (AvgIpc) is 3.02. The van der Waals surface area contributed by atoms with E-state index < -0.39 is 5.91 Å². The van der Waals surface area contributed by atoms with Gasteiger partial charge in [0.15, 0.2) is 5.13 Å². The van der Waals surface area contributed by atoms with Crippen LogP contribution >= 0.6 is 11.3 Å². The summed E-state index contributed by atoms with van der Waals surface area (Å²) in [5, 5.41) is 3.30. The molecule has 3 rings (SSSR count). The van der Waals surface area contributed by atoms with Gasteiger partial charge in [0.1, 0.15) is 5.75 Å². The maximum atomic E-state index is 12.4. The van der Waals surface area contributed by atoms with Gasteiger partial charge in [0.2, 0.25) is 5.91 Å². The predicted octanol–water partition coefficient (Wildman–Crippen LogP) is 3.48. The number of aromatic nitrogens is 1. The summed E-state index contributed by atoms with van der Waals surface area (Å²) in [4.78, 5) is 29.0. The van der Waals surface area contributed by atoms with E-state index in [1.165, 1.54) is 23.5 Å². The second kappa shape index (κ2) is 7.37. The lowest BCUT2D eigenvalue weighted by Gasteiger charge is -2.03. The number of amides is 2. The number of ether oxygens (including phenoxy) is 1. The maximum absolute atomic E-state index is 12.4. The average molecular weight is 367 g/mol. The van der Waals surface area contributed by atoms with E-state index in [9.17, 15) is 9.59 Å². The number of hydrogen-bond donors (Lipinski definition) is 2. The Bertz CT molecular complexity index is 947. The lowest BCUT2D eigenvalue weighted by molar-refractivity contribution is 0.0995. The largest absolute Gasteiger partial charge is 0.497 e. The topological polar surface area (TPSA) is 94.3 Å². The molecule has 2 amide bonds. The highest BCUT2D eigenvalue weighted by molar-refractivity contribution is 7.16. The minimum Gasteiger partial charge on any atom is -0.497 e. The molecule has 3 aromatic rings. The third-order valence-electron chi connectivity index (χ3n) is 3.81. The van der Waals surface area contributed by atoms with E-state index in [2.05, 4.69) is 10.3 Å². The number of rotatable bonds is 5. The van der Waals surface area contributed by atoms with Crippen LogP contribution in [0.25, 0.3) is 11.3 Å². The minimum atomic E-state index is -0.531. The first-order valence-electron chi connectivity index (χ1n) is 7.81. The van der Waals surface area contributed by atoms with Crippen LogP contribution in [0.2, 0.25) is 0 Å². The lowest BCUT2D eigenvalue weighted by atomic mass is 10.1. The van der Waals surface area contributed by atoms with Crippen molar-refractivity contribution in [3.05, 3.63) is 64.5 Å². The number of carbonyl (C=O) groups is 2. The van der Waals surface area contributed by atoms with E-state index in [4.69, 9.17) is 10.5 Å². The number of nitrogens with two attached hydrogens (primary N) is 1. The summed E-state index contributed by atoms with van der Waals surface area (Å²) in [6.07, 6.45) is 0. The molecule has 6 nitrogen and oxygen atoms in total. The van der Waals surface area contributed by atoms with Gasteiger partial charge in [-0.2, -0.15) is 0 Å². The summed E-state index contributed by atoms with van der Waals surface area (Å²) < 4.78 is 5.16. The standard InChI is InChI=1S/C19H17N3O3S/c1-11-16(12-7-9-15(25-2)10-8-12)21-19(26-11)22-18(24)14-5-3-13(4-6-14)17(20)23/h3-10H,1-2H3,(H2,20,23)(H,21,22,24). The molecule has 1 aromatic heterocycles. The number of methoxy groups -OCH3 is 1. The predicted molar refractivity (Wildman–Crippen MR) is 102 cm³/mol. The van der Waals surface area contributed by atoms with Gasteiger partial charge in [0, 0.05) is 21.6 Å². The lowest BCUT2D eigenvalue weighted by Crippen LogP contribution is -2.14. The Hall–Kier alpha value is -3.19. The van der Waals surface area contributed by atoms with Crippen LogP contribution in [0.15, 0.2) is 48.5 Å². The summed E-state index contributed by atoms with van der Waals surface area (Å²) in [6.45, 7) is 1.95. The van der Waals surface area contributed by atoms with Crippen LogP contribution in [0.1, 0.15) is 25.6 Å². The minimum absolute atomic E-state index is 0.295. The number of aryl methyl sites for hydroxylation is 1. The van der Waals surface area contributed by atoms with Crippen molar-refractivity contribution < 1.29 is 14.3 Å². The fraction of sp³-hybridized carbons (Fsp3) is 0.105. The van der Waals surface area contributed by atoms with Gasteiger partial charge in [0.05, 0.1) is 12.8 Å². The molecule has 0 bridgehead atoms. The van der Waals surface area contributed by atoms with Crippen molar-refractivity contribution in [1.82, 2.24) is 4.98 Å². The molecule has 0 saturated carbocycles. The molecular formula is C19H17N3O3S. The molecule has 0 atom stereocenters. The third-order valence-corrected chi connectivity index (χ3v) is 4.70. The summed E-state index contributed by atoms with van der Waals surface area (Å²) in [5.41, 5.74) is 7.75. The molecule has 0 saturated heterocycles. The van der Waals surface area contributed by atoms with E-state index >= 15 is 0 Å². The number of anilines is 1. The van der Waals surface area contributed by atoms with Crippen molar-refractivity contribution in [2.75, 3.05) is 12.4 Å². The molecule has 1 heterocycles. The zero-order valence-electron chi connectivity index (χ0n) is 14.3. The molecule has 0 aliphatic carbocycles. The highest BCUT2D eigenvalue weighted by Gasteiger charge is 2.13. The molecule has 7 heteroatoms. The first-order valence-corrected chi connectivity index (χ1v) is 8.62. The molecule has 0 spiro atoms. The van der Waals surface area contributed by atoms with Crippen molar-refractivity contribution in [3.8, 4) is 17.0 Å². The molecule has 132 valence electrons. The number of thiazole rings is 1. The molecule has 0 aliphatic rings. The van der Waals surface area contributed by atoms with Gasteiger partial charge in [-0.1, -0.05) is 0 Å². The van der Waals surface area contributed by atoms with E-state index in [-0.39, 0.29) is 5.91 Å². The number of nitrogens with zero attached hydrogens (tertiary/aromatic N) is 1. The first-order chi connectivity index (χ1) is 12.5. The van der Waals surface area contributed by atoms with Crippen molar-refractivity contribution in [1.29, 1.82) is 0 Å². The zero-order chi connectivity index (χ0) is 18.7. The van der Waals surface area contributed by atoms with E-state index in [1.54, 1.807) is 19.2 Å². The van der Waals surface area contributed by atoms with E-state index in [1.807, 2.05) is 31.2 Å². The maximum Gasteiger partial charge on any atom is 0.257 e. The van der Waals surface area contributed by atoms with Crippen molar-refractivity contribution in [3.63, 3.8) is 0 Å².